The van der Waals surface area contributed by atoms with Gasteiger partial charge in [-0.25, -0.2) is 9.37 Å². The number of furan rings is 1. The smallest absolute Gasteiger partial charge is 0.230 e. The molecule has 1 amide bonds. The molecule has 0 saturated carbocycles. The summed E-state index contributed by atoms with van der Waals surface area (Å²) in [6.07, 6.45) is -0.0263. The lowest BCUT2D eigenvalue weighted by atomic mass is 10.1. The number of anilines is 1. The number of carbonyl (C=O) groups excluding carboxylic acids is 1. The predicted molar refractivity (Wildman–Crippen MR) is 83.3 cm³/mol. The Hall–Kier alpha value is -2.47. The van der Waals surface area contributed by atoms with Gasteiger partial charge in [0.1, 0.15) is 17.3 Å². The quantitative estimate of drug-likeness (QED) is 0.790. The number of aryl methyl sites for hydroxylation is 1. The second-order valence-corrected chi connectivity index (χ2v) is 5.62. The van der Waals surface area contributed by atoms with E-state index in [1.807, 2.05) is 19.1 Å². The summed E-state index contributed by atoms with van der Waals surface area (Å²) in [7, 11) is 0. The zero-order valence-electron chi connectivity index (χ0n) is 11.8. The molecule has 0 unspecified atom stereocenters. The number of amides is 1. The minimum Gasteiger partial charge on any atom is -0.460 e. The molecule has 4 nitrogen and oxygen atoms in total. The third-order valence-corrected chi connectivity index (χ3v) is 3.81. The molecule has 1 aromatic carbocycles. The van der Waals surface area contributed by atoms with Gasteiger partial charge in [0.2, 0.25) is 5.91 Å². The van der Waals surface area contributed by atoms with Gasteiger partial charge in [-0.05, 0) is 30.7 Å². The van der Waals surface area contributed by atoms with Crippen LogP contribution in [0.25, 0.3) is 11.5 Å². The minimum atomic E-state index is -0.386. The molecule has 112 valence electrons. The molecule has 0 aliphatic carbocycles. The van der Waals surface area contributed by atoms with Crippen molar-refractivity contribution in [2.24, 2.45) is 0 Å². The van der Waals surface area contributed by atoms with Gasteiger partial charge in [0, 0.05) is 5.38 Å². The Kier molecular flexibility index (Phi) is 4.02. The highest BCUT2D eigenvalue weighted by molar-refractivity contribution is 7.14. The second-order valence-electron chi connectivity index (χ2n) is 4.76. The third-order valence-electron chi connectivity index (χ3n) is 3.05. The molecule has 0 fully saturated rings. The maximum Gasteiger partial charge on any atom is 0.230 e. The van der Waals surface area contributed by atoms with Gasteiger partial charge < -0.3 is 9.73 Å². The van der Waals surface area contributed by atoms with Gasteiger partial charge in [0.05, 0.1) is 6.42 Å². The van der Waals surface area contributed by atoms with E-state index in [0.717, 1.165) is 5.76 Å². The van der Waals surface area contributed by atoms with Crippen molar-refractivity contribution >= 4 is 22.4 Å². The SMILES string of the molecule is Cc1ccc(-c2csc(NC(=O)Cc3ccccc3F)n2)o1. The molecule has 0 atom stereocenters. The van der Waals surface area contributed by atoms with Crippen molar-refractivity contribution in [1.29, 1.82) is 0 Å². The fraction of sp³-hybridized carbons (Fsp3) is 0.125. The van der Waals surface area contributed by atoms with Crippen molar-refractivity contribution < 1.29 is 13.6 Å². The number of carbonyl (C=O) groups is 1. The summed E-state index contributed by atoms with van der Waals surface area (Å²) >= 11 is 1.30. The summed E-state index contributed by atoms with van der Waals surface area (Å²) in [6.45, 7) is 1.85. The first-order chi connectivity index (χ1) is 10.6. The van der Waals surface area contributed by atoms with Gasteiger partial charge >= 0.3 is 0 Å². The molecule has 0 radical (unpaired) electrons. The monoisotopic (exact) mass is 316 g/mol. The van der Waals surface area contributed by atoms with Crippen LogP contribution < -0.4 is 5.32 Å². The van der Waals surface area contributed by atoms with E-state index in [2.05, 4.69) is 10.3 Å². The van der Waals surface area contributed by atoms with E-state index >= 15 is 0 Å². The number of thiazole rings is 1. The number of hydrogen-bond acceptors (Lipinski definition) is 4. The van der Waals surface area contributed by atoms with Crippen LogP contribution in [0.2, 0.25) is 0 Å². The Labute approximate surface area is 130 Å². The Bertz CT molecular complexity index is 810. The number of hydrogen-bond donors (Lipinski definition) is 1. The zero-order valence-corrected chi connectivity index (χ0v) is 12.6. The largest absolute Gasteiger partial charge is 0.460 e. The molecule has 0 aliphatic heterocycles. The lowest BCUT2D eigenvalue weighted by molar-refractivity contribution is -0.115. The van der Waals surface area contributed by atoms with Gasteiger partial charge in [0.15, 0.2) is 10.9 Å². The highest BCUT2D eigenvalue weighted by Gasteiger charge is 2.12. The van der Waals surface area contributed by atoms with Crippen LogP contribution in [-0.4, -0.2) is 10.9 Å². The maximum absolute atomic E-state index is 13.5. The van der Waals surface area contributed by atoms with Crippen LogP contribution in [-0.2, 0) is 11.2 Å². The predicted octanol–water partition coefficient (Wildman–Crippen LogP) is 4.03. The average Bonchev–Trinajstić information content (AvgIpc) is 3.10. The first kappa shape index (κ1) is 14.5. The van der Waals surface area contributed by atoms with Crippen LogP contribution in [0.4, 0.5) is 9.52 Å². The molecule has 3 aromatic rings. The molecule has 3 rings (SSSR count). The van der Waals surface area contributed by atoms with E-state index in [9.17, 15) is 9.18 Å². The van der Waals surface area contributed by atoms with Gasteiger partial charge in [-0.1, -0.05) is 18.2 Å². The van der Waals surface area contributed by atoms with Crippen LogP contribution in [0.3, 0.4) is 0 Å². The van der Waals surface area contributed by atoms with Crippen LogP contribution in [0.5, 0.6) is 0 Å². The molecule has 22 heavy (non-hydrogen) atoms. The summed E-state index contributed by atoms with van der Waals surface area (Å²) in [5.41, 5.74) is 1.03. The van der Waals surface area contributed by atoms with Gasteiger partial charge in [-0.2, -0.15) is 0 Å². The van der Waals surface area contributed by atoms with Crippen LogP contribution in [0.15, 0.2) is 46.2 Å². The Morgan fingerprint density at radius 2 is 2.14 bits per heavy atom. The fourth-order valence-corrected chi connectivity index (χ4v) is 2.71. The van der Waals surface area contributed by atoms with Crippen molar-refractivity contribution in [3.8, 4) is 11.5 Å². The molecule has 0 bridgehead atoms. The lowest BCUT2D eigenvalue weighted by Crippen LogP contribution is -2.15. The molecule has 6 heteroatoms. The third kappa shape index (κ3) is 3.23. The highest BCUT2D eigenvalue weighted by Crippen LogP contribution is 2.26. The van der Waals surface area contributed by atoms with Gasteiger partial charge in [-0.3, -0.25) is 4.79 Å². The second kappa shape index (κ2) is 6.11. The van der Waals surface area contributed by atoms with E-state index in [-0.39, 0.29) is 18.1 Å². The van der Waals surface area contributed by atoms with Gasteiger partial charge in [-0.15, -0.1) is 11.3 Å². The van der Waals surface area contributed by atoms with Crippen LogP contribution >= 0.6 is 11.3 Å². The Balaban J connectivity index is 1.67. The van der Waals surface area contributed by atoms with Crippen molar-refractivity contribution in [2.75, 3.05) is 5.32 Å². The number of benzene rings is 1. The molecular weight excluding hydrogens is 303 g/mol. The molecule has 0 aliphatic rings. The molecule has 2 heterocycles. The van der Waals surface area contributed by atoms with E-state index in [1.165, 1.54) is 17.4 Å². The van der Waals surface area contributed by atoms with E-state index < -0.39 is 0 Å². The number of aromatic nitrogens is 1. The molecule has 1 N–H and O–H groups in total. The van der Waals surface area contributed by atoms with Crippen LogP contribution in [0, 0.1) is 12.7 Å². The standard InChI is InChI=1S/C16H13FN2O2S/c1-10-6-7-14(21-10)13-9-22-16(18-13)19-15(20)8-11-4-2-3-5-12(11)17/h2-7,9H,8H2,1H3,(H,18,19,20). The first-order valence-electron chi connectivity index (χ1n) is 6.67. The van der Waals surface area contributed by atoms with Crippen molar-refractivity contribution in [3.05, 3.63) is 58.9 Å². The highest BCUT2D eigenvalue weighted by atomic mass is 32.1. The summed E-state index contributed by atoms with van der Waals surface area (Å²) in [5, 5.41) is 4.94. The van der Waals surface area contributed by atoms with Gasteiger partial charge in [0.25, 0.3) is 0 Å². The van der Waals surface area contributed by atoms with Crippen molar-refractivity contribution in [1.82, 2.24) is 4.98 Å². The molecule has 2 aromatic heterocycles. The average molecular weight is 316 g/mol. The summed E-state index contributed by atoms with van der Waals surface area (Å²) in [4.78, 5) is 16.2. The minimum absolute atomic E-state index is 0.0263. The molecular formula is C16H13FN2O2S. The Morgan fingerprint density at radius 3 is 2.86 bits per heavy atom. The molecule has 0 saturated heterocycles. The van der Waals surface area contributed by atoms with Crippen molar-refractivity contribution in [2.45, 2.75) is 13.3 Å². The lowest BCUT2D eigenvalue weighted by Gasteiger charge is -2.03. The number of nitrogens with one attached hydrogen (secondary N) is 1. The number of nitrogens with zero attached hydrogens (tertiary/aromatic N) is 1. The van der Waals surface area contributed by atoms with E-state index in [0.29, 0.717) is 22.1 Å². The Morgan fingerprint density at radius 1 is 1.32 bits per heavy atom. The summed E-state index contributed by atoms with van der Waals surface area (Å²) in [6, 6.07) is 9.90. The maximum atomic E-state index is 13.5. The van der Waals surface area contributed by atoms with Crippen LogP contribution in [0.1, 0.15) is 11.3 Å². The van der Waals surface area contributed by atoms with E-state index in [4.69, 9.17) is 4.42 Å². The summed E-state index contributed by atoms with van der Waals surface area (Å²) < 4.78 is 19.0. The summed E-state index contributed by atoms with van der Waals surface area (Å²) in [5.74, 6) is 0.765. The first-order valence-corrected chi connectivity index (χ1v) is 7.55. The topological polar surface area (TPSA) is 55.1 Å². The van der Waals surface area contributed by atoms with Crippen molar-refractivity contribution in [3.63, 3.8) is 0 Å². The van der Waals surface area contributed by atoms with E-state index in [1.54, 1.807) is 23.6 Å². The normalized spacial score (nSPS) is 10.6. The molecule has 0 spiro atoms. The fourth-order valence-electron chi connectivity index (χ4n) is 1.99. The zero-order chi connectivity index (χ0) is 15.5. The number of rotatable bonds is 4. The number of halogens is 1.